The Labute approximate surface area is 214 Å². The van der Waals surface area contributed by atoms with Gasteiger partial charge in [-0.1, -0.05) is 28.1 Å². The van der Waals surface area contributed by atoms with Crippen molar-refractivity contribution in [1.82, 2.24) is 5.43 Å². The minimum Gasteiger partial charge on any atom is -0.487 e. The number of hydrogen-bond donors (Lipinski definition) is 1. The number of hydrazone groups is 1. The molecule has 0 aliphatic rings. The Morgan fingerprint density at radius 3 is 2.45 bits per heavy atom. The number of benzene rings is 3. The molecule has 0 aromatic heterocycles. The maximum absolute atomic E-state index is 13.9. The molecule has 3 aromatic carbocycles. The molecule has 1 N–H and O–H groups in total. The molecule has 3 aromatic rings. The number of carbonyl (C=O) groups excluding carboxylic acids is 1. The summed E-state index contributed by atoms with van der Waals surface area (Å²) in [6.45, 7) is 0.443. The molecule has 156 valence electrons. The number of amides is 1. The van der Waals surface area contributed by atoms with E-state index in [1.54, 1.807) is 0 Å². The highest BCUT2D eigenvalue weighted by Crippen LogP contribution is 2.29. The Morgan fingerprint density at radius 1 is 1.16 bits per heavy atom. The van der Waals surface area contributed by atoms with Gasteiger partial charge in [0.1, 0.15) is 18.2 Å². The minimum atomic E-state index is -0.775. The van der Waals surface area contributed by atoms with E-state index in [-0.39, 0.29) is 11.1 Å². The van der Waals surface area contributed by atoms with E-state index in [1.165, 1.54) is 18.3 Å². The van der Waals surface area contributed by atoms with Gasteiger partial charge in [0.15, 0.2) is 0 Å². The summed E-state index contributed by atoms with van der Waals surface area (Å²) in [5, 5.41) is 12.7. The van der Waals surface area contributed by atoms with Crippen LogP contribution in [-0.4, -0.2) is 12.1 Å². The van der Waals surface area contributed by atoms with Crippen LogP contribution < -0.4 is 10.2 Å². The van der Waals surface area contributed by atoms with Crippen LogP contribution >= 0.6 is 61.1 Å². The first-order valence-electron chi connectivity index (χ1n) is 8.76. The number of hydrogen-bond acceptors (Lipinski definition) is 4. The van der Waals surface area contributed by atoms with Crippen LogP contribution in [0.25, 0.3) is 0 Å². The van der Waals surface area contributed by atoms with E-state index in [2.05, 4.69) is 71.6 Å². The van der Waals surface area contributed by atoms with E-state index in [9.17, 15) is 9.18 Å². The van der Waals surface area contributed by atoms with E-state index < -0.39 is 11.7 Å². The van der Waals surface area contributed by atoms with Crippen molar-refractivity contribution < 1.29 is 13.9 Å². The summed E-state index contributed by atoms with van der Waals surface area (Å²) >= 11 is 7.78. The maximum Gasteiger partial charge on any atom is 0.274 e. The van der Waals surface area contributed by atoms with Crippen molar-refractivity contribution in [2.75, 3.05) is 0 Å². The first kappa shape index (κ1) is 23.6. The molecule has 5 nitrogen and oxygen atoms in total. The highest BCUT2D eigenvalue weighted by molar-refractivity contribution is 14.1. The topological polar surface area (TPSA) is 74.5 Å². The molecular formula is C22H13BrFI2N3O2. The molecule has 0 bridgehead atoms. The zero-order valence-electron chi connectivity index (χ0n) is 15.7. The van der Waals surface area contributed by atoms with Crippen molar-refractivity contribution >= 4 is 73.2 Å². The Hall–Kier alpha value is -2.04. The third-order valence-electron chi connectivity index (χ3n) is 4.04. The summed E-state index contributed by atoms with van der Waals surface area (Å²) in [5.41, 5.74) is 4.07. The quantitative estimate of drug-likeness (QED) is 0.194. The SMILES string of the molecule is N#Cc1ccc(C(=O)N/N=C\c2cc(I)c(OCc3ccc(Br)cc3)c(I)c2)c(F)c1. The Morgan fingerprint density at radius 2 is 1.84 bits per heavy atom. The molecular weight excluding hydrogens is 691 g/mol. The van der Waals surface area contributed by atoms with Gasteiger partial charge in [0.25, 0.3) is 5.91 Å². The van der Waals surface area contributed by atoms with E-state index in [0.29, 0.717) is 6.61 Å². The number of carbonyl (C=O) groups is 1. The van der Waals surface area contributed by atoms with Gasteiger partial charge in [0, 0.05) is 4.47 Å². The summed E-state index contributed by atoms with van der Waals surface area (Å²) in [5.74, 6) is -0.704. The van der Waals surface area contributed by atoms with Crippen LogP contribution in [0.4, 0.5) is 4.39 Å². The first-order valence-corrected chi connectivity index (χ1v) is 11.7. The molecule has 0 unspecified atom stereocenters. The zero-order valence-corrected chi connectivity index (χ0v) is 21.6. The van der Waals surface area contributed by atoms with Crippen molar-refractivity contribution in [1.29, 1.82) is 5.26 Å². The van der Waals surface area contributed by atoms with Crippen LogP contribution in [0.5, 0.6) is 5.75 Å². The summed E-state index contributed by atoms with van der Waals surface area (Å²) in [6.07, 6.45) is 1.47. The van der Waals surface area contributed by atoms with Gasteiger partial charge in [0.2, 0.25) is 0 Å². The van der Waals surface area contributed by atoms with Gasteiger partial charge >= 0.3 is 0 Å². The summed E-state index contributed by atoms with van der Waals surface area (Å²) in [6, 6.07) is 17.1. The van der Waals surface area contributed by atoms with Crippen LogP contribution in [0, 0.1) is 24.3 Å². The fourth-order valence-corrected chi connectivity index (χ4v) is 4.91. The first-order chi connectivity index (χ1) is 14.9. The third kappa shape index (κ3) is 6.47. The van der Waals surface area contributed by atoms with Crippen molar-refractivity contribution in [2.45, 2.75) is 6.61 Å². The molecule has 3 rings (SSSR count). The predicted octanol–water partition coefficient (Wildman–Crippen LogP) is 6.01. The van der Waals surface area contributed by atoms with Crippen molar-refractivity contribution in [3.63, 3.8) is 0 Å². The molecule has 0 radical (unpaired) electrons. The van der Waals surface area contributed by atoms with E-state index in [4.69, 9.17) is 10.00 Å². The smallest absolute Gasteiger partial charge is 0.274 e. The van der Waals surface area contributed by atoms with Gasteiger partial charge in [-0.3, -0.25) is 4.79 Å². The van der Waals surface area contributed by atoms with Crippen LogP contribution in [0.15, 0.2) is 64.2 Å². The molecule has 0 saturated heterocycles. The fraction of sp³-hybridized carbons (Fsp3) is 0.0455. The van der Waals surface area contributed by atoms with E-state index >= 15 is 0 Å². The van der Waals surface area contributed by atoms with E-state index in [0.717, 1.165) is 34.6 Å². The Kier molecular flexibility index (Phi) is 8.39. The Balaban J connectivity index is 1.65. The molecule has 0 atom stereocenters. The zero-order chi connectivity index (χ0) is 22.4. The normalized spacial score (nSPS) is 10.7. The fourth-order valence-electron chi connectivity index (χ4n) is 2.52. The summed E-state index contributed by atoms with van der Waals surface area (Å²) in [7, 11) is 0. The van der Waals surface area contributed by atoms with E-state index in [1.807, 2.05) is 42.5 Å². The van der Waals surface area contributed by atoms with Crippen molar-refractivity contribution in [3.05, 3.63) is 94.3 Å². The largest absolute Gasteiger partial charge is 0.487 e. The highest BCUT2D eigenvalue weighted by atomic mass is 127. The molecule has 31 heavy (non-hydrogen) atoms. The number of ether oxygens (including phenoxy) is 1. The van der Waals surface area contributed by atoms with Crippen LogP contribution in [-0.2, 0) is 6.61 Å². The average Bonchev–Trinajstić information content (AvgIpc) is 2.74. The average molecular weight is 704 g/mol. The molecule has 0 spiro atoms. The number of nitrogens with zero attached hydrogens (tertiary/aromatic N) is 2. The van der Waals surface area contributed by atoms with Crippen LogP contribution in [0.2, 0.25) is 0 Å². The maximum atomic E-state index is 13.9. The van der Waals surface area contributed by atoms with Gasteiger partial charge in [-0.05, 0) is 98.8 Å². The van der Waals surface area contributed by atoms with Crippen LogP contribution in [0.1, 0.15) is 27.0 Å². The lowest BCUT2D eigenvalue weighted by Crippen LogP contribution is -2.19. The molecule has 0 aliphatic heterocycles. The van der Waals surface area contributed by atoms with Crippen LogP contribution in [0.3, 0.4) is 0 Å². The minimum absolute atomic E-state index is 0.143. The summed E-state index contributed by atoms with van der Waals surface area (Å²) in [4.78, 5) is 12.1. The number of nitriles is 1. The van der Waals surface area contributed by atoms with Gasteiger partial charge in [0.05, 0.1) is 30.6 Å². The molecule has 0 fully saturated rings. The molecule has 0 heterocycles. The second kappa shape index (κ2) is 11.0. The molecule has 1 amide bonds. The number of rotatable bonds is 6. The number of nitrogens with one attached hydrogen (secondary N) is 1. The van der Waals surface area contributed by atoms with Gasteiger partial charge in [-0.2, -0.15) is 10.4 Å². The Bertz CT molecular complexity index is 1170. The molecule has 0 saturated carbocycles. The third-order valence-corrected chi connectivity index (χ3v) is 6.17. The highest BCUT2D eigenvalue weighted by Gasteiger charge is 2.12. The standard InChI is InChI=1S/C22H13BrFI2N3O2/c23-16-4-1-13(2-5-16)12-31-21-19(25)8-15(9-20(21)26)11-28-29-22(30)17-6-3-14(10-27)7-18(17)24/h1-9,11H,12H2,(H,29,30)/b28-11-. The monoisotopic (exact) mass is 703 g/mol. The molecule has 9 heteroatoms. The lowest BCUT2D eigenvalue weighted by molar-refractivity contribution is 0.0951. The number of halogens is 4. The lowest BCUT2D eigenvalue weighted by Gasteiger charge is -2.11. The molecule has 0 aliphatic carbocycles. The second-order valence-corrected chi connectivity index (χ2v) is 9.47. The van der Waals surface area contributed by atoms with Crippen molar-refractivity contribution in [2.24, 2.45) is 5.10 Å². The lowest BCUT2D eigenvalue weighted by atomic mass is 10.1. The van der Waals surface area contributed by atoms with Crippen molar-refractivity contribution in [3.8, 4) is 11.8 Å². The van der Waals surface area contributed by atoms with Gasteiger partial charge in [-0.25, -0.2) is 9.82 Å². The second-order valence-electron chi connectivity index (χ2n) is 6.23. The summed E-state index contributed by atoms with van der Waals surface area (Å²) < 4.78 is 22.7. The predicted molar refractivity (Wildman–Crippen MR) is 137 cm³/mol. The van der Waals surface area contributed by atoms with Gasteiger partial charge in [-0.15, -0.1) is 0 Å². The van der Waals surface area contributed by atoms with Gasteiger partial charge < -0.3 is 4.74 Å².